The molecule has 296 valence electrons. The molecule has 0 aliphatic rings. The van der Waals surface area contributed by atoms with E-state index in [1.54, 1.807) is 0 Å². The van der Waals surface area contributed by atoms with Crippen LogP contribution in [-0.4, -0.2) is 4.57 Å². The fourth-order valence-electron chi connectivity index (χ4n) is 9.65. The molecule has 63 heavy (non-hydrogen) atoms. The average Bonchev–Trinajstić information content (AvgIpc) is 3.91. The summed E-state index contributed by atoms with van der Waals surface area (Å²) in [4.78, 5) is 2.46. The molecule has 0 N–H and O–H groups in total. The van der Waals surface area contributed by atoms with E-state index in [1.165, 1.54) is 32.9 Å². The van der Waals surface area contributed by atoms with E-state index in [-0.39, 0.29) is 0 Å². The molecule has 0 radical (unpaired) electrons. The van der Waals surface area contributed by atoms with E-state index in [4.69, 9.17) is 4.42 Å². The molecular formula is C60H40N2O. The summed E-state index contributed by atoms with van der Waals surface area (Å²) >= 11 is 0. The molecule has 12 aromatic rings. The maximum atomic E-state index is 6.61. The van der Waals surface area contributed by atoms with Crippen LogP contribution in [0.25, 0.3) is 93.9 Å². The minimum atomic E-state index is 0.889. The monoisotopic (exact) mass is 804 g/mol. The Kier molecular flexibility index (Phi) is 8.83. The van der Waals surface area contributed by atoms with Gasteiger partial charge in [0.15, 0.2) is 0 Å². The van der Waals surface area contributed by atoms with Gasteiger partial charge in [-0.2, -0.15) is 0 Å². The van der Waals surface area contributed by atoms with Crippen molar-refractivity contribution in [2.75, 3.05) is 4.90 Å². The molecule has 2 aromatic heterocycles. The third-order valence-corrected chi connectivity index (χ3v) is 12.4. The topological polar surface area (TPSA) is 21.3 Å². The molecule has 0 fully saturated rings. The lowest BCUT2D eigenvalue weighted by atomic mass is 9.92. The number of benzene rings is 10. The lowest BCUT2D eigenvalue weighted by molar-refractivity contribution is 0.670. The van der Waals surface area contributed by atoms with Gasteiger partial charge in [0.2, 0.25) is 0 Å². The van der Waals surface area contributed by atoms with E-state index in [9.17, 15) is 0 Å². The third kappa shape index (κ3) is 6.13. The van der Waals surface area contributed by atoms with E-state index in [2.05, 4.69) is 246 Å². The fraction of sp³-hybridized carbons (Fsp3) is 0. The second-order valence-electron chi connectivity index (χ2n) is 16.0. The van der Waals surface area contributed by atoms with Crippen molar-refractivity contribution in [3.8, 4) is 50.2 Å². The molecule has 0 saturated heterocycles. The van der Waals surface area contributed by atoms with Crippen LogP contribution in [0.4, 0.5) is 17.1 Å². The van der Waals surface area contributed by atoms with Gasteiger partial charge in [-0.1, -0.05) is 194 Å². The number of rotatable bonds is 8. The number of hydrogen-bond acceptors (Lipinski definition) is 2. The van der Waals surface area contributed by atoms with Crippen LogP contribution in [0.15, 0.2) is 247 Å². The molecule has 0 atom stereocenters. The third-order valence-electron chi connectivity index (χ3n) is 12.4. The van der Waals surface area contributed by atoms with Gasteiger partial charge in [0.25, 0.3) is 0 Å². The Morgan fingerprint density at radius 2 is 0.810 bits per heavy atom. The van der Waals surface area contributed by atoms with Crippen LogP contribution in [0, 0.1) is 0 Å². The highest BCUT2D eigenvalue weighted by molar-refractivity contribution is 6.11. The van der Waals surface area contributed by atoms with Crippen molar-refractivity contribution in [2.24, 2.45) is 0 Å². The smallest absolute Gasteiger partial charge is 0.143 e. The molecule has 0 amide bonds. The van der Waals surface area contributed by atoms with Gasteiger partial charge in [-0.25, -0.2) is 0 Å². The lowest BCUT2D eigenvalue weighted by Crippen LogP contribution is -2.13. The zero-order valence-electron chi connectivity index (χ0n) is 34.4. The van der Waals surface area contributed by atoms with E-state index in [1.807, 2.05) is 6.07 Å². The van der Waals surface area contributed by atoms with Crippen LogP contribution in [0.5, 0.6) is 0 Å². The fourth-order valence-corrected chi connectivity index (χ4v) is 9.65. The summed E-state index contributed by atoms with van der Waals surface area (Å²) < 4.78 is 9.04. The maximum Gasteiger partial charge on any atom is 0.143 e. The van der Waals surface area contributed by atoms with Gasteiger partial charge in [-0.3, -0.25) is 0 Å². The standard InChI is InChI=1S/C60H40N2O/c1-2-20-41(21-3-1)44-24-4-5-25-46(44)47-26-6-12-34-54(47)61(43-23-18-22-42(40-43)45-32-19-33-53-52-31-11-17-39-59(52)63-60(45)53)55-35-13-7-27-48(55)49-28-8-14-36-56(49)62-57-37-15-9-29-50(57)51-30-10-16-38-58(51)62/h1-40H. The van der Waals surface area contributed by atoms with Gasteiger partial charge in [-0.15, -0.1) is 0 Å². The van der Waals surface area contributed by atoms with Crippen molar-refractivity contribution >= 4 is 60.8 Å². The summed E-state index contributed by atoms with van der Waals surface area (Å²) in [6.07, 6.45) is 0. The molecular weight excluding hydrogens is 765 g/mol. The van der Waals surface area contributed by atoms with Crippen LogP contribution >= 0.6 is 0 Å². The Morgan fingerprint density at radius 3 is 1.54 bits per heavy atom. The first-order valence-corrected chi connectivity index (χ1v) is 21.5. The molecule has 3 heteroatoms. The Hall–Kier alpha value is -8.40. The molecule has 12 rings (SSSR count). The van der Waals surface area contributed by atoms with Crippen LogP contribution in [0.1, 0.15) is 0 Å². The summed E-state index contributed by atoms with van der Waals surface area (Å²) in [6.45, 7) is 0. The SMILES string of the molecule is c1ccc(-c2ccccc2-c2ccccc2N(c2cccc(-c3cccc4c3oc3ccccc34)c2)c2ccccc2-c2ccccc2-n2c3ccccc3c3ccccc32)cc1. The van der Waals surface area contributed by atoms with Gasteiger partial charge in [0.1, 0.15) is 11.2 Å². The Labute approximate surface area is 366 Å². The van der Waals surface area contributed by atoms with Crippen molar-refractivity contribution in [3.63, 3.8) is 0 Å². The predicted molar refractivity (Wildman–Crippen MR) is 264 cm³/mol. The molecule has 2 heterocycles. The van der Waals surface area contributed by atoms with Crippen LogP contribution < -0.4 is 4.90 Å². The normalized spacial score (nSPS) is 11.5. The number of hydrogen-bond donors (Lipinski definition) is 0. The highest BCUT2D eigenvalue weighted by atomic mass is 16.3. The summed E-state index contributed by atoms with van der Waals surface area (Å²) in [5, 5.41) is 4.70. The molecule has 0 unspecified atom stereocenters. The van der Waals surface area contributed by atoms with Gasteiger partial charge in [0.05, 0.1) is 28.1 Å². The zero-order chi connectivity index (χ0) is 41.7. The molecule has 3 nitrogen and oxygen atoms in total. The molecule has 0 aliphatic carbocycles. The minimum Gasteiger partial charge on any atom is -0.455 e. The number of furan rings is 1. The number of nitrogens with zero attached hydrogens (tertiary/aromatic N) is 2. The Bertz CT molecular complexity index is 3600. The number of para-hydroxylation sites is 7. The van der Waals surface area contributed by atoms with Gasteiger partial charge < -0.3 is 13.9 Å². The molecule has 0 aliphatic heterocycles. The minimum absolute atomic E-state index is 0.889. The first-order valence-electron chi connectivity index (χ1n) is 21.5. The van der Waals surface area contributed by atoms with Crippen LogP contribution in [-0.2, 0) is 0 Å². The lowest BCUT2D eigenvalue weighted by Gasteiger charge is -2.31. The molecule has 10 aromatic carbocycles. The number of aromatic nitrogens is 1. The highest BCUT2D eigenvalue weighted by Gasteiger charge is 2.24. The quantitative estimate of drug-likeness (QED) is 0.153. The average molecular weight is 805 g/mol. The van der Waals surface area contributed by atoms with E-state index in [0.29, 0.717) is 0 Å². The first kappa shape index (κ1) is 36.5. The van der Waals surface area contributed by atoms with E-state index < -0.39 is 0 Å². The Balaban J connectivity index is 1.12. The summed E-state index contributed by atoms with van der Waals surface area (Å²) in [7, 11) is 0. The maximum absolute atomic E-state index is 6.61. The second-order valence-corrected chi connectivity index (χ2v) is 16.0. The van der Waals surface area contributed by atoms with Crippen molar-refractivity contribution in [1.29, 1.82) is 0 Å². The van der Waals surface area contributed by atoms with Crippen LogP contribution in [0.2, 0.25) is 0 Å². The van der Waals surface area contributed by atoms with Gasteiger partial charge in [0, 0.05) is 49.5 Å². The molecule has 0 spiro atoms. The van der Waals surface area contributed by atoms with Crippen molar-refractivity contribution in [2.45, 2.75) is 0 Å². The summed E-state index contributed by atoms with van der Waals surface area (Å²) in [6, 6.07) is 87.2. The first-order chi connectivity index (χ1) is 31.3. The summed E-state index contributed by atoms with van der Waals surface area (Å²) in [5.41, 5.74) is 17.5. The Morgan fingerprint density at radius 1 is 0.317 bits per heavy atom. The van der Waals surface area contributed by atoms with Crippen molar-refractivity contribution in [3.05, 3.63) is 243 Å². The predicted octanol–water partition coefficient (Wildman–Crippen LogP) is 16.8. The second kappa shape index (κ2) is 15.3. The number of anilines is 3. The summed E-state index contributed by atoms with van der Waals surface area (Å²) in [5.74, 6) is 0. The van der Waals surface area contributed by atoms with E-state index >= 15 is 0 Å². The van der Waals surface area contributed by atoms with Gasteiger partial charge >= 0.3 is 0 Å². The van der Waals surface area contributed by atoms with Gasteiger partial charge in [-0.05, 0) is 70.8 Å². The highest BCUT2D eigenvalue weighted by Crippen LogP contribution is 2.48. The largest absolute Gasteiger partial charge is 0.455 e. The van der Waals surface area contributed by atoms with Crippen LogP contribution in [0.3, 0.4) is 0 Å². The number of fused-ring (bicyclic) bond motifs is 6. The van der Waals surface area contributed by atoms with Crippen molar-refractivity contribution < 1.29 is 4.42 Å². The van der Waals surface area contributed by atoms with E-state index in [0.717, 1.165) is 78.1 Å². The zero-order valence-corrected chi connectivity index (χ0v) is 34.4. The molecule has 0 saturated carbocycles. The molecule has 0 bridgehead atoms. The van der Waals surface area contributed by atoms with Crippen molar-refractivity contribution in [1.82, 2.24) is 4.57 Å².